The van der Waals surface area contributed by atoms with E-state index in [-0.39, 0.29) is 5.78 Å². The van der Waals surface area contributed by atoms with Crippen LogP contribution in [0.25, 0.3) is 11.1 Å². The third kappa shape index (κ3) is 2.28. The van der Waals surface area contributed by atoms with E-state index >= 15 is 0 Å². The van der Waals surface area contributed by atoms with E-state index in [0.29, 0.717) is 27.2 Å². The van der Waals surface area contributed by atoms with E-state index in [2.05, 4.69) is 0 Å². The Kier molecular flexibility index (Phi) is 3.18. The summed E-state index contributed by atoms with van der Waals surface area (Å²) >= 11 is 6.05. The lowest BCUT2D eigenvalue weighted by atomic mass is 10.0. The Bertz CT molecular complexity index is 921. The third-order valence-electron chi connectivity index (χ3n) is 3.49. The Balaban J connectivity index is 2.09. The van der Waals surface area contributed by atoms with Crippen LogP contribution in [0.4, 0.5) is 0 Å². The molecule has 0 bridgehead atoms. The van der Waals surface area contributed by atoms with Crippen molar-refractivity contribution >= 4 is 28.5 Å². The second kappa shape index (κ2) is 4.90. The van der Waals surface area contributed by atoms with Crippen LogP contribution >= 0.6 is 11.6 Å². The molecule has 0 fully saturated rings. The maximum absolute atomic E-state index is 12.5. The molecule has 0 spiro atoms. The summed E-state index contributed by atoms with van der Waals surface area (Å²) in [7, 11) is 1.62. The number of hydrogen-bond acceptors (Lipinski definition) is 3. The van der Waals surface area contributed by atoms with Crippen LogP contribution < -0.4 is 5.76 Å². The molecule has 0 aliphatic rings. The fourth-order valence-electron chi connectivity index (χ4n) is 2.18. The van der Waals surface area contributed by atoms with Gasteiger partial charge < -0.3 is 4.42 Å². The average Bonchev–Trinajstić information content (AvgIpc) is 2.76. The summed E-state index contributed by atoms with van der Waals surface area (Å²) in [6.07, 6.45) is 0. The molecule has 1 heterocycles. The SMILES string of the molecule is Cc1ccc(C(=O)c2ccc3c(c2)oc(=O)n3C)cc1Cl. The van der Waals surface area contributed by atoms with Gasteiger partial charge >= 0.3 is 5.76 Å². The average molecular weight is 302 g/mol. The van der Waals surface area contributed by atoms with Crippen LogP contribution in [0.1, 0.15) is 21.5 Å². The first kappa shape index (κ1) is 13.6. The molecule has 0 saturated carbocycles. The van der Waals surface area contributed by atoms with Crippen molar-refractivity contribution in [2.45, 2.75) is 6.92 Å². The normalized spacial score (nSPS) is 11.0. The van der Waals surface area contributed by atoms with Crippen molar-refractivity contribution in [3.63, 3.8) is 0 Å². The van der Waals surface area contributed by atoms with Gasteiger partial charge in [-0.2, -0.15) is 0 Å². The number of rotatable bonds is 2. The van der Waals surface area contributed by atoms with E-state index in [0.717, 1.165) is 5.56 Å². The minimum Gasteiger partial charge on any atom is -0.408 e. The van der Waals surface area contributed by atoms with Gasteiger partial charge in [0.1, 0.15) is 0 Å². The van der Waals surface area contributed by atoms with Crippen LogP contribution in [0.3, 0.4) is 0 Å². The highest BCUT2D eigenvalue weighted by molar-refractivity contribution is 6.31. The van der Waals surface area contributed by atoms with Crippen LogP contribution in [0, 0.1) is 6.92 Å². The number of hydrogen-bond donors (Lipinski definition) is 0. The highest BCUT2D eigenvalue weighted by Gasteiger charge is 2.13. The molecule has 1 aromatic heterocycles. The Morgan fingerprint density at radius 3 is 2.52 bits per heavy atom. The molecule has 0 amide bonds. The molecule has 0 radical (unpaired) electrons. The Morgan fingerprint density at radius 1 is 1.14 bits per heavy atom. The monoisotopic (exact) mass is 301 g/mol. The first-order valence-electron chi connectivity index (χ1n) is 6.38. The van der Waals surface area contributed by atoms with Crippen molar-refractivity contribution in [2.75, 3.05) is 0 Å². The van der Waals surface area contributed by atoms with Crippen LogP contribution in [0.15, 0.2) is 45.6 Å². The van der Waals surface area contributed by atoms with E-state index < -0.39 is 5.76 Å². The number of carbonyl (C=O) groups is 1. The number of aromatic nitrogens is 1. The van der Waals surface area contributed by atoms with Crippen molar-refractivity contribution in [2.24, 2.45) is 7.05 Å². The smallest absolute Gasteiger partial charge is 0.408 e. The largest absolute Gasteiger partial charge is 0.419 e. The van der Waals surface area contributed by atoms with Gasteiger partial charge in [-0.25, -0.2) is 4.79 Å². The second-order valence-electron chi connectivity index (χ2n) is 4.90. The number of ketones is 1. The maximum Gasteiger partial charge on any atom is 0.419 e. The molecular weight excluding hydrogens is 290 g/mol. The molecular formula is C16H12ClNO3. The molecule has 21 heavy (non-hydrogen) atoms. The predicted octanol–water partition coefficient (Wildman–Crippen LogP) is 3.32. The fraction of sp³-hybridized carbons (Fsp3) is 0.125. The molecule has 0 atom stereocenters. The van der Waals surface area contributed by atoms with Crippen LogP contribution in [-0.2, 0) is 7.05 Å². The summed E-state index contributed by atoms with van der Waals surface area (Å²) in [5.74, 6) is -0.613. The lowest BCUT2D eigenvalue weighted by Crippen LogP contribution is -2.08. The van der Waals surface area contributed by atoms with Gasteiger partial charge in [0.15, 0.2) is 11.4 Å². The zero-order chi connectivity index (χ0) is 15.1. The molecule has 0 aliphatic heterocycles. The Hall–Kier alpha value is -2.33. The number of nitrogens with zero attached hydrogens (tertiary/aromatic N) is 1. The Labute approximate surface area is 125 Å². The molecule has 0 saturated heterocycles. The highest BCUT2D eigenvalue weighted by atomic mass is 35.5. The number of fused-ring (bicyclic) bond motifs is 1. The van der Waals surface area contributed by atoms with Crippen molar-refractivity contribution in [1.82, 2.24) is 4.57 Å². The summed E-state index contributed by atoms with van der Waals surface area (Å²) < 4.78 is 6.49. The summed E-state index contributed by atoms with van der Waals surface area (Å²) in [5, 5.41) is 0.549. The number of carbonyl (C=O) groups excluding carboxylic acids is 1. The van der Waals surface area contributed by atoms with Gasteiger partial charge in [0.05, 0.1) is 5.52 Å². The molecule has 2 aromatic carbocycles. The van der Waals surface area contributed by atoms with E-state index in [9.17, 15) is 9.59 Å². The lowest BCUT2D eigenvalue weighted by molar-refractivity contribution is 0.103. The quantitative estimate of drug-likeness (QED) is 0.682. The van der Waals surface area contributed by atoms with E-state index in [1.165, 1.54) is 4.57 Å². The van der Waals surface area contributed by atoms with Crippen molar-refractivity contribution < 1.29 is 9.21 Å². The predicted molar refractivity (Wildman–Crippen MR) is 81.1 cm³/mol. The molecule has 4 nitrogen and oxygen atoms in total. The van der Waals surface area contributed by atoms with Crippen molar-refractivity contribution in [3.8, 4) is 0 Å². The first-order valence-corrected chi connectivity index (χ1v) is 6.75. The van der Waals surface area contributed by atoms with Gasteiger partial charge in [0.25, 0.3) is 0 Å². The van der Waals surface area contributed by atoms with Gasteiger partial charge in [-0.05, 0) is 36.8 Å². The molecule has 0 N–H and O–H groups in total. The van der Waals surface area contributed by atoms with Crippen LogP contribution in [0.2, 0.25) is 5.02 Å². The molecule has 5 heteroatoms. The van der Waals surface area contributed by atoms with Gasteiger partial charge in [0.2, 0.25) is 0 Å². The van der Waals surface area contributed by atoms with Gasteiger partial charge in [0, 0.05) is 23.2 Å². The molecule has 3 aromatic rings. The number of aryl methyl sites for hydroxylation is 2. The van der Waals surface area contributed by atoms with E-state index in [1.54, 1.807) is 43.4 Å². The number of halogens is 1. The van der Waals surface area contributed by atoms with Crippen LogP contribution in [0.5, 0.6) is 0 Å². The fourth-order valence-corrected chi connectivity index (χ4v) is 2.36. The number of benzene rings is 2. The van der Waals surface area contributed by atoms with E-state index in [4.69, 9.17) is 16.0 Å². The first-order chi connectivity index (χ1) is 9.97. The molecule has 3 rings (SSSR count). The van der Waals surface area contributed by atoms with E-state index in [1.807, 2.05) is 6.92 Å². The van der Waals surface area contributed by atoms with Gasteiger partial charge in [-0.15, -0.1) is 0 Å². The topological polar surface area (TPSA) is 52.2 Å². The summed E-state index contributed by atoms with van der Waals surface area (Å²) in [6, 6.07) is 10.1. The second-order valence-corrected chi connectivity index (χ2v) is 5.31. The van der Waals surface area contributed by atoms with Crippen molar-refractivity contribution in [1.29, 1.82) is 0 Å². The minimum absolute atomic E-state index is 0.162. The highest BCUT2D eigenvalue weighted by Crippen LogP contribution is 2.21. The van der Waals surface area contributed by atoms with Crippen molar-refractivity contribution in [3.05, 3.63) is 68.7 Å². The van der Waals surface area contributed by atoms with Gasteiger partial charge in [-0.1, -0.05) is 23.7 Å². The molecule has 0 unspecified atom stereocenters. The van der Waals surface area contributed by atoms with Gasteiger partial charge in [-0.3, -0.25) is 9.36 Å². The zero-order valence-electron chi connectivity index (χ0n) is 11.5. The number of oxazole rings is 1. The minimum atomic E-state index is -0.451. The maximum atomic E-state index is 12.5. The van der Waals surface area contributed by atoms with Crippen LogP contribution in [-0.4, -0.2) is 10.4 Å². The standard InChI is InChI=1S/C16H12ClNO3/c1-9-3-4-10(7-12(9)17)15(19)11-5-6-13-14(8-11)21-16(20)18(13)2/h3-8H,1-2H3. The summed E-state index contributed by atoms with van der Waals surface area (Å²) in [6.45, 7) is 1.88. The lowest BCUT2D eigenvalue weighted by Gasteiger charge is -2.04. The Morgan fingerprint density at radius 2 is 1.81 bits per heavy atom. The third-order valence-corrected chi connectivity index (χ3v) is 3.90. The summed E-state index contributed by atoms with van der Waals surface area (Å²) in [4.78, 5) is 23.9. The zero-order valence-corrected chi connectivity index (χ0v) is 12.3. The summed E-state index contributed by atoms with van der Waals surface area (Å²) in [5.41, 5.74) is 2.92. The molecule has 0 aliphatic carbocycles. The molecule has 106 valence electrons.